The number of likely N-dealkylation sites (N-methyl/N-ethyl adjacent to an activating group) is 1. The van der Waals surface area contributed by atoms with E-state index in [0.29, 0.717) is 12.0 Å². The van der Waals surface area contributed by atoms with Gasteiger partial charge in [0.15, 0.2) is 0 Å². The van der Waals surface area contributed by atoms with Gasteiger partial charge in [-0.2, -0.15) is 0 Å². The van der Waals surface area contributed by atoms with Crippen molar-refractivity contribution in [3.63, 3.8) is 0 Å². The van der Waals surface area contributed by atoms with Gasteiger partial charge in [0.05, 0.1) is 12.8 Å². The minimum absolute atomic E-state index is 0.348. The van der Waals surface area contributed by atoms with E-state index in [2.05, 4.69) is 31.1 Å². The summed E-state index contributed by atoms with van der Waals surface area (Å²) < 4.78 is 5.30. The molecule has 3 heteroatoms. The van der Waals surface area contributed by atoms with Gasteiger partial charge in [-0.3, -0.25) is 4.98 Å². The summed E-state index contributed by atoms with van der Waals surface area (Å²) in [4.78, 5) is 4.39. The van der Waals surface area contributed by atoms with Crippen LogP contribution in [0.2, 0.25) is 0 Å². The zero-order valence-corrected chi connectivity index (χ0v) is 9.95. The standard InChI is InChI=1S/C12H20N2O/c1-5-13-10(3)9(2)12-11(15-4)7-6-8-14-12/h6-10,13H,5H2,1-4H3. The summed E-state index contributed by atoms with van der Waals surface area (Å²) in [5, 5.41) is 3.40. The van der Waals surface area contributed by atoms with E-state index < -0.39 is 0 Å². The lowest BCUT2D eigenvalue weighted by Crippen LogP contribution is -2.31. The summed E-state index contributed by atoms with van der Waals surface area (Å²) in [6.45, 7) is 7.42. The molecule has 2 atom stereocenters. The van der Waals surface area contributed by atoms with E-state index >= 15 is 0 Å². The van der Waals surface area contributed by atoms with Gasteiger partial charge < -0.3 is 10.1 Å². The van der Waals surface area contributed by atoms with Crippen LogP contribution in [0.3, 0.4) is 0 Å². The third-order valence-electron chi connectivity index (χ3n) is 2.73. The SMILES string of the molecule is CCNC(C)C(C)c1ncccc1OC. The quantitative estimate of drug-likeness (QED) is 0.805. The van der Waals surface area contributed by atoms with Crippen LogP contribution < -0.4 is 10.1 Å². The molecule has 0 aliphatic heterocycles. The molecule has 0 bridgehead atoms. The zero-order chi connectivity index (χ0) is 11.3. The molecule has 0 aromatic carbocycles. The van der Waals surface area contributed by atoms with Crippen molar-refractivity contribution in [3.05, 3.63) is 24.0 Å². The van der Waals surface area contributed by atoms with Gasteiger partial charge >= 0.3 is 0 Å². The monoisotopic (exact) mass is 208 g/mol. The van der Waals surface area contributed by atoms with Gasteiger partial charge in [-0.05, 0) is 25.6 Å². The number of methoxy groups -OCH3 is 1. The second-order valence-electron chi connectivity index (χ2n) is 3.73. The lowest BCUT2D eigenvalue weighted by molar-refractivity contribution is 0.393. The maximum Gasteiger partial charge on any atom is 0.140 e. The van der Waals surface area contributed by atoms with Gasteiger partial charge in [0, 0.05) is 18.2 Å². The Kier molecular flexibility index (Phi) is 4.56. The van der Waals surface area contributed by atoms with Crippen LogP contribution in [0.5, 0.6) is 5.75 Å². The van der Waals surface area contributed by atoms with Crippen LogP contribution in [0.25, 0.3) is 0 Å². The molecule has 1 heterocycles. The average molecular weight is 208 g/mol. The van der Waals surface area contributed by atoms with Crippen molar-refractivity contribution in [2.45, 2.75) is 32.7 Å². The molecule has 0 fully saturated rings. The molecule has 0 amide bonds. The lowest BCUT2D eigenvalue weighted by Gasteiger charge is -2.21. The van der Waals surface area contributed by atoms with Gasteiger partial charge in [0.2, 0.25) is 0 Å². The fourth-order valence-corrected chi connectivity index (χ4v) is 1.65. The van der Waals surface area contributed by atoms with Crippen molar-refractivity contribution in [2.75, 3.05) is 13.7 Å². The summed E-state index contributed by atoms with van der Waals surface area (Å²) in [5.74, 6) is 1.22. The number of rotatable bonds is 5. The predicted molar refractivity (Wildman–Crippen MR) is 62.3 cm³/mol. The minimum atomic E-state index is 0.348. The van der Waals surface area contributed by atoms with Gasteiger partial charge in [-0.1, -0.05) is 13.8 Å². The Balaban J connectivity index is 2.84. The molecular weight excluding hydrogens is 188 g/mol. The number of aromatic nitrogens is 1. The average Bonchev–Trinajstić information content (AvgIpc) is 2.28. The van der Waals surface area contributed by atoms with Crippen LogP contribution in [-0.2, 0) is 0 Å². The lowest BCUT2D eigenvalue weighted by atomic mass is 9.98. The zero-order valence-electron chi connectivity index (χ0n) is 9.95. The normalized spacial score (nSPS) is 14.7. The number of nitrogens with one attached hydrogen (secondary N) is 1. The molecule has 1 aromatic heterocycles. The predicted octanol–water partition coefficient (Wildman–Crippen LogP) is 2.19. The van der Waals surface area contributed by atoms with Gasteiger partial charge in [0.1, 0.15) is 5.75 Å². The molecule has 0 saturated carbocycles. The van der Waals surface area contributed by atoms with Gasteiger partial charge in [0.25, 0.3) is 0 Å². The first-order valence-electron chi connectivity index (χ1n) is 5.43. The number of nitrogens with zero attached hydrogens (tertiary/aromatic N) is 1. The second-order valence-corrected chi connectivity index (χ2v) is 3.73. The third-order valence-corrected chi connectivity index (χ3v) is 2.73. The maximum atomic E-state index is 5.30. The highest BCUT2D eigenvalue weighted by atomic mass is 16.5. The fraction of sp³-hybridized carbons (Fsp3) is 0.583. The Bertz CT molecular complexity index is 301. The summed E-state index contributed by atoms with van der Waals surface area (Å²) in [6.07, 6.45) is 1.81. The number of hydrogen-bond acceptors (Lipinski definition) is 3. The molecule has 0 radical (unpaired) electrons. The highest BCUT2D eigenvalue weighted by Crippen LogP contribution is 2.25. The molecule has 1 aromatic rings. The Morgan fingerprint density at radius 2 is 2.20 bits per heavy atom. The van der Waals surface area contributed by atoms with E-state index in [1.165, 1.54) is 0 Å². The van der Waals surface area contributed by atoms with Crippen molar-refractivity contribution in [2.24, 2.45) is 0 Å². The Morgan fingerprint density at radius 1 is 1.47 bits per heavy atom. The third kappa shape index (κ3) is 2.93. The van der Waals surface area contributed by atoms with E-state index in [1.54, 1.807) is 7.11 Å². The van der Waals surface area contributed by atoms with Crippen molar-refractivity contribution in [1.29, 1.82) is 0 Å². The molecular formula is C12H20N2O. The first-order valence-corrected chi connectivity index (χ1v) is 5.43. The summed E-state index contributed by atoms with van der Waals surface area (Å²) in [5.41, 5.74) is 1.02. The van der Waals surface area contributed by atoms with Crippen molar-refractivity contribution in [3.8, 4) is 5.75 Å². The number of hydrogen-bond donors (Lipinski definition) is 1. The molecule has 84 valence electrons. The number of pyridine rings is 1. The molecule has 1 N–H and O–H groups in total. The van der Waals surface area contributed by atoms with Crippen LogP contribution in [0.15, 0.2) is 18.3 Å². The molecule has 15 heavy (non-hydrogen) atoms. The summed E-state index contributed by atoms with van der Waals surface area (Å²) in [7, 11) is 1.69. The van der Waals surface area contributed by atoms with Crippen LogP contribution in [0.4, 0.5) is 0 Å². The van der Waals surface area contributed by atoms with E-state index in [4.69, 9.17) is 4.74 Å². The minimum Gasteiger partial charge on any atom is -0.495 e. The van der Waals surface area contributed by atoms with Crippen LogP contribution in [-0.4, -0.2) is 24.7 Å². The molecule has 1 rings (SSSR count). The van der Waals surface area contributed by atoms with Crippen molar-refractivity contribution >= 4 is 0 Å². The Hall–Kier alpha value is -1.09. The van der Waals surface area contributed by atoms with Crippen molar-refractivity contribution < 1.29 is 4.74 Å². The summed E-state index contributed by atoms with van der Waals surface area (Å²) in [6, 6.07) is 4.25. The highest BCUT2D eigenvalue weighted by molar-refractivity contribution is 5.30. The number of ether oxygens (including phenoxy) is 1. The molecule has 0 aliphatic rings. The molecule has 2 unspecified atom stereocenters. The second kappa shape index (κ2) is 5.71. The smallest absolute Gasteiger partial charge is 0.140 e. The maximum absolute atomic E-state index is 5.30. The largest absolute Gasteiger partial charge is 0.495 e. The molecule has 0 spiro atoms. The van der Waals surface area contributed by atoms with Crippen LogP contribution in [0, 0.1) is 0 Å². The Labute approximate surface area is 91.9 Å². The molecule has 0 aliphatic carbocycles. The first kappa shape index (κ1) is 12.0. The van der Waals surface area contributed by atoms with Gasteiger partial charge in [-0.15, -0.1) is 0 Å². The van der Waals surface area contributed by atoms with Crippen LogP contribution in [0.1, 0.15) is 32.4 Å². The summed E-state index contributed by atoms with van der Waals surface area (Å²) >= 11 is 0. The topological polar surface area (TPSA) is 34.2 Å². The van der Waals surface area contributed by atoms with E-state index in [0.717, 1.165) is 18.0 Å². The molecule has 3 nitrogen and oxygen atoms in total. The highest BCUT2D eigenvalue weighted by Gasteiger charge is 2.18. The van der Waals surface area contributed by atoms with Gasteiger partial charge in [-0.25, -0.2) is 0 Å². The van der Waals surface area contributed by atoms with E-state index in [-0.39, 0.29) is 0 Å². The fourth-order valence-electron chi connectivity index (χ4n) is 1.65. The van der Waals surface area contributed by atoms with E-state index in [1.807, 2.05) is 18.3 Å². The van der Waals surface area contributed by atoms with E-state index in [9.17, 15) is 0 Å². The Morgan fingerprint density at radius 3 is 2.80 bits per heavy atom. The van der Waals surface area contributed by atoms with Crippen LogP contribution >= 0.6 is 0 Å². The van der Waals surface area contributed by atoms with Crippen molar-refractivity contribution in [1.82, 2.24) is 10.3 Å². The molecule has 0 saturated heterocycles. The first-order chi connectivity index (χ1) is 7.20.